The standard InChI is InChI=1S/C29H35NO4/c1-2-32-29(31)26-17-16-24-25(28(26)34-22-20-30-18-7-4-8-19-30)14-9-15-27(24)33-21-10-13-23-11-5-3-6-12-23/h3,5-6,9,11-12,14-17H,2,4,7-8,10,13,18-22H2,1H3. The van der Waals surface area contributed by atoms with Crippen molar-refractivity contribution in [2.24, 2.45) is 0 Å². The summed E-state index contributed by atoms with van der Waals surface area (Å²) in [5.74, 6) is 1.04. The van der Waals surface area contributed by atoms with Gasteiger partial charge in [-0.15, -0.1) is 0 Å². The van der Waals surface area contributed by atoms with Crippen molar-refractivity contribution in [2.75, 3.05) is 39.5 Å². The molecule has 0 atom stereocenters. The average Bonchev–Trinajstić information content (AvgIpc) is 2.88. The van der Waals surface area contributed by atoms with Gasteiger partial charge in [0.2, 0.25) is 0 Å². The van der Waals surface area contributed by atoms with Crippen molar-refractivity contribution < 1.29 is 19.0 Å². The molecule has 1 fully saturated rings. The number of ether oxygens (including phenoxy) is 3. The number of rotatable bonds is 11. The molecule has 3 aromatic carbocycles. The summed E-state index contributed by atoms with van der Waals surface area (Å²) in [7, 11) is 0. The van der Waals surface area contributed by atoms with E-state index in [1.54, 1.807) is 6.07 Å². The molecule has 3 aromatic rings. The highest BCUT2D eigenvalue weighted by Gasteiger charge is 2.19. The zero-order valence-corrected chi connectivity index (χ0v) is 20.1. The van der Waals surface area contributed by atoms with Crippen LogP contribution in [0.2, 0.25) is 0 Å². The summed E-state index contributed by atoms with van der Waals surface area (Å²) in [6.45, 7) is 6.39. The summed E-state index contributed by atoms with van der Waals surface area (Å²) in [5.41, 5.74) is 1.78. The topological polar surface area (TPSA) is 48.0 Å². The van der Waals surface area contributed by atoms with Crippen LogP contribution in [-0.2, 0) is 11.2 Å². The van der Waals surface area contributed by atoms with E-state index in [1.165, 1.54) is 24.8 Å². The maximum atomic E-state index is 12.7. The molecule has 1 heterocycles. The van der Waals surface area contributed by atoms with Crippen LogP contribution in [0.1, 0.15) is 48.5 Å². The predicted octanol–water partition coefficient (Wildman–Crippen LogP) is 5.89. The fraction of sp³-hybridized carbons (Fsp3) is 0.414. The molecule has 34 heavy (non-hydrogen) atoms. The Morgan fingerprint density at radius 1 is 0.853 bits per heavy atom. The zero-order chi connectivity index (χ0) is 23.6. The zero-order valence-electron chi connectivity index (χ0n) is 20.1. The minimum Gasteiger partial charge on any atom is -0.493 e. The van der Waals surface area contributed by atoms with Gasteiger partial charge >= 0.3 is 5.97 Å². The second kappa shape index (κ2) is 12.4. The number of carbonyl (C=O) groups excluding carboxylic acids is 1. The molecule has 1 saturated heterocycles. The normalized spacial score (nSPS) is 14.1. The van der Waals surface area contributed by atoms with E-state index >= 15 is 0 Å². The largest absolute Gasteiger partial charge is 0.493 e. The van der Waals surface area contributed by atoms with Crippen molar-refractivity contribution in [1.82, 2.24) is 4.90 Å². The first-order valence-electron chi connectivity index (χ1n) is 12.5. The molecule has 0 unspecified atom stereocenters. The smallest absolute Gasteiger partial charge is 0.341 e. The van der Waals surface area contributed by atoms with Crippen LogP contribution in [0.3, 0.4) is 0 Å². The van der Waals surface area contributed by atoms with Gasteiger partial charge in [-0.05, 0) is 69.5 Å². The molecule has 5 nitrogen and oxygen atoms in total. The number of fused-ring (bicyclic) bond motifs is 1. The van der Waals surface area contributed by atoms with Gasteiger partial charge in [0.1, 0.15) is 23.7 Å². The third kappa shape index (κ3) is 6.29. The summed E-state index contributed by atoms with van der Waals surface area (Å²) in [5, 5.41) is 1.83. The minimum absolute atomic E-state index is 0.328. The molecule has 4 rings (SSSR count). The second-order valence-electron chi connectivity index (χ2n) is 8.70. The van der Waals surface area contributed by atoms with E-state index in [-0.39, 0.29) is 5.97 Å². The van der Waals surface area contributed by atoms with E-state index in [0.29, 0.717) is 31.1 Å². The third-order valence-corrected chi connectivity index (χ3v) is 6.28. The van der Waals surface area contributed by atoms with Crippen LogP contribution < -0.4 is 9.47 Å². The number of aryl methyl sites for hydroxylation is 1. The molecule has 5 heteroatoms. The molecule has 1 aliphatic heterocycles. The van der Waals surface area contributed by atoms with Crippen molar-refractivity contribution in [1.29, 1.82) is 0 Å². The second-order valence-corrected chi connectivity index (χ2v) is 8.70. The number of likely N-dealkylation sites (tertiary alicyclic amines) is 1. The average molecular weight is 462 g/mol. The number of hydrogen-bond acceptors (Lipinski definition) is 5. The lowest BCUT2D eigenvalue weighted by Crippen LogP contribution is -2.33. The lowest BCUT2D eigenvalue weighted by molar-refractivity contribution is 0.0521. The molecule has 0 bridgehead atoms. The van der Waals surface area contributed by atoms with Gasteiger partial charge in [-0.2, -0.15) is 0 Å². The van der Waals surface area contributed by atoms with E-state index in [1.807, 2.05) is 37.3 Å². The summed E-state index contributed by atoms with van der Waals surface area (Å²) in [6.07, 6.45) is 5.70. The summed E-state index contributed by atoms with van der Waals surface area (Å²) >= 11 is 0. The molecular weight excluding hydrogens is 426 g/mol. The van der Waals surface area contributed by atoms with E-state index in [9.17, 15) is 4.79 Å². The first kappa shape index (κ1) is 24.1. The summed E-state index contributed by atoms with van der Waals surface area (Å²) < 4.78 is 17.7. The van der Waals surface area contributed by atoms with Crippen LogP contribution in [0.4, 0.5) is 0 Å². The van der Waals surface area contributed by atoms with Crippen LogP contribution >= 0.6 is 0 Å². The van der Waals surface area contributed by atoms with E-state index in [0.717, 1.165) is 49.0 Å². The maximum Gasteiger partial charge on any atom is 0.341 e. The van der Waals surface area contributed by atoms with Crippen molar-refractivity contribution in [2.45, 2.75) is 39.0 Å². The Hall–Kier alpha value is -3.05. The van der Waals surface area contributed by atoms with Crippen LogP contribution in [-0.4, -0.2) is 50.3 Å². The predicted molar refractivity (Wildman–Crippen MR) is 136 cm³/mol. The van der Waals surface area contributed by atoms with Crippen molar-refractivity contribution in [3.8, 4) is 11.5 Å². The van der Waals surface area contributed by atoms with E-state index in [2.05, 4.69) is 29.2 Å². The summed E-state index contributed by atoms with van der Waals surface area (Å²) in [6, 6.07) is 20.1. The van der Waals surface area contributed by atoms with Gasteiger partial charge in [0.15, 0.2) is 0 Å². The Labute approximate surface area is 202 Å². The molecule has 0 spiro atoms. The Morgan fingerprint density at radius 2 is 1.68 bits per heavy atom. The molecular formula is C29H35NO4. The molecule has 0 N–H and O–H groups in total. The van der Waals surface area contributed by atoms with Gasteiger partial charge in [0.25, 0.3) is 0 Å². The van der Waals surface area contributed by atoms with Crippen molar-refractivity contribution in [3.63, 3.8) is 0 Å². The lowest BCUT2D eigenvalue weighted by Gasteiger charge is -2.26. The molecule has 1 aliphatic rings. The maximum absolute atomic E-state index is 12.7. The number of nitrogens with zero attached hydrogens (tertiary/aromatic N) is 1. The molecule has 0 aliphatic carbocycles. The molecule has 180 valence electrons. The van der Waals surface area contributed by atoms with Gasteiger partial charge in [0, 0.05) is 17.3 Å². The fourth-order valence-electron chi connectivity index (χ4n) is 4.52. The van der Waals surface area contributed by atoms with Gasteiger partial charge in [-0.1, -0.05) is 48.9 Å². The number of piperidine rings is 1. The highest BCUT2D eigenvalue weighted by Crippen LogP contribution is 2.35. The number of esters is 1. The Kier molecular flexibility index (Phi) is 8.80. The number of carbonyl (C=O) groups is 1. The Bertz CT molecular complexity index is 1060. The van der Waals surface area contributed by atoms with Gasteiger partial charge in [0.05, 0.1) is 13.2 Å². The monoisotopic (exact) mass is 461 g/mol. The first-order valence-corrected chi connectivity index (χ1v) is 12.5. The molecule has 0 amide bonds. The summed E-state index contributed by atoms with van der Waals surface area (Å²) in [4.78, 5) is 15.1. The van der Waals surface area contributed by atoms with Crippen LogP contribution in [0, 0.1) is 0 Å². The quantitative estimate of drug-likeness (QED) is 0.263. The number of hydrogen-bond donors (Lipinski definition) is 0. The third-order valence-electron chi connectivity index (χ3n) is 6.28. The van der Waals surface area contributed by atoms with Crippen LogP contribution in [0.15, 0.2) is 60.7 Å². The highest BCUT2D eigenvalue weighted by atomic mass is 16.5. The molecule has 0 aromatic heterocycles. The van der Waals surface area contributed by atoms with Crippen molar-refractivity contribution >= 4 is 16.7 Å². The minimum atomic E-state index is -0.355. The molecule has 0 radical (unpaired) electrons. The highest BCUT2D eigenvalue weighted by molar-refractivity contribution is 6.03. The van der Waals surface area contributed by atoms with Gasteiger partial charge in [-0.25, -0.2) is 4.79 Å². The SMILES string of the molecule is CCOC(=O)c1ccc2c(OCCCc3ccccc3)cccc2c1OCCN1CCCCC1. The molecule has 0 saturated carbocycles. The van der Waals surface area contributed by atoms with E-state index in [4.69, 9.17) is 14.2 Å². The van der Waals surface area contributed by atoms with Gasteiger partial charge in [-0.3, -0.25) is 4.90 Å². The fourth-order valence-corrected chi connectivity index (χ4v) is 4.52. The van der Waals surface area contributed by atoms with E-state index < -0.39 is 0 Å². The van der Waals surface area contributed by atoms with Crippen LogP contribution in [0.5, 0.6) is 11.5 Å². The van der Waals surface area contributed by atoms with Crippen LogP contribution in [0.25, 0.3) is 10.8 Å². The lowest BCUT2D eigenvalue weighted by atomic mass is 10.0. The number of benzene rings is 3. The first-order chi connectivity index (χ1) is 16.8. The van der Waals surface area contributed by atoms with Gasteiger partial charge < -0.3 is 14.2 Å². The van der Waals surface area contributed by atoms with Crippen molar-refractivity contribution in [3.05, 3.63) is 71.8 Å². The Balaban J connectivity index is 1.49. The Morgan fingerprint density at radius 3 is 2.47 bits per heavy atom.